The summed E-state index contributed by atoms with van der Waals surface area (Å²) >= 11 is 0. The van der Waals surface area contributed by atoms with Crippen molar-refractivity contribution >= 4 is 34.6 Å². The number of carbonyl (C=O) groups is 3. The normalized spacial score (nSPS) is 20.0. The van der Waals surface area contributed by atoms with Crippen LogP contribution in [0.15, 0.2) is 97.5 Å². The standard InChI is InChI=1S/C35H30FN5O3/c36-30-19-27-29(20-37-30)41(26-10-6-9-23(18-26)17-22-7-2-1-3-8-22)35(44)32(33(27)42)24-12-14-25(15-13-24)38-34(43)28-21-40-16-5-4-11-31(40)39-28/h1-11,16,18-21,24-25,32H,12-15,17H2,(H,38,43). The fourth-order valence-electron chi connectivity index (χ4n) is 6.56. The highest BCUT2D eigenvalue weighted by Gasteiger charge is 2.45. The minimum absolute atomic E-state index is 0.0999. The van der Waals surface area contributed by atoms with Gasteiger partial charge in [0, 0.05) is 35.8 Å². The molecule has 1 saturated carbocycles. The van der Waals surface area contributed by atoms with Gasteiger partial charge in [-0.25, -0.2) is 9.97 Å². The molecule has 0 radical (unpaired) electrons. The van der Waals surface area contributed by atoms with E-state index in [-0.39, 0.29) is 35.1 Å². The van der Waals surface area contributed by atoms with Crippen LogP contribution in [0.5, 0.6) is 0 Å². The van der Waals surface area contributed by atoms with Crippen LogP contribution >= 0.6 is 0 Å². The van der Waals surface area contributed by atoms with Crippen molar-refractivity contribution in [2.45, 2.75) is 38.1 Å². The molecular formula is C35H30FN5O3. The molecule has 1 atom stereocenters. The molecule has 1 aliphatic heterocycles. The molecule has 1 unspecified atom stereocenters. The summed E-state index contributed by atoms with van der Waals surface area (Å²) in [6.45, 7) is 0. The fourth-order valence-corrected chi connectivity index (χ4v) is 6.56. The van der Waals surface area contributed by atoms with Crippen LogP contribution in [0.1, 0.15) is 57.7 Å². The Bertz CT molecular complexity index is 1850. The highest BCUT2D eigenvalue weighted by Crippen LogP contribution is 2.42. The van der Waals surface area contributed by atoms with Crippen LogP contribution in [0.25, 0.3) is 5.65 Å². The van der Waals surface area contributed by atoms with E-state index in [9.17, 15) is 18.8 Å². The predicted octanol–water partition coefficient (Wildman–Crippen LogP) is 5.93. The Hall–Kier alpha value is -5.18. The first-order chi connectivity index (χ1) is 21.4. The van der Waals surface area contributed by atoms with Crippen LogP contribution in [0.3, 0.4) is 0 Å². The number of hydrogen-bond acceptors (Lipinski definition) is 5. The highest BCUT2D eigenvalue weighted by atomic mass is 19.1. The second-order valence-corrected chi connectivity index (χ2v) is 11.5. The Balaban J connectivity index is 1.11. The topological polar surface area (TPSA) is 96.7 Å². The Labute approximate surface area is 253 Å². The average Bonchev–Trinajstić information content (AvgIpc) is 3.48. The lowest BCUT2D eigenvalue weighted by atomic mass is 9.73. The van der Waals surface area contributed by atoms with Crippen molar-refractivity contribution < 1.29 is 18.8 Å². The van der Waals surface area contributed by atoms with Crippen LogP contribution in [0, 0.1) is 17.8 Å². The number of aromatic nitrogens is 3. The third-order valence-corrected chi connectivity index (χ3v) is 8.72. The van der Waals surface area contributed by atoms with Gasteiger partial charge in [-0.3, -0.25) is 19.3 Å². The Kier molecular flexibility index (Phi) is 7.21. The number of hydrogen-bond donors (Lipinski definition) is 1. The monoisotopic (exact) mass is 587 g/mol. The summed E-state index contributed by atoms with van der Waals surface area (Å²) in [5.74, 6) is -2.90. The van der Waals surface area contributed by atoms with Gasteiger partial charge in [0.1, 0.15) is 17.3 Å². The van der Waals surface area contributed by atoms with Crippen molar-refractivity contribution in [2.75, 3.05) is 4.90 Å². The molecule has 2 aromatic carbocycles. The van der Waals surface area contributed by atoms with Gasteiger partial charge >= 0.3 is 0 Å². The molecule has 0 spiro atoms. The molecular weight excluding hydrogens is 557 g/mol. The zero-order valence-corrected chi connectivity index (χ0v) is 23.9. The van der Waals surface area contributed by atoms with Crippen molar-refractivity contribution in [3.8, 4) is 0 Å². The van der Waals surface area contributed by atoms with Crippen molar-refractivity contribution in [1.29, 1.82) is 0 Å². The fraction of sp³-hybridized carbons (Fsp3) is 0.229. The molecule has 220 valence electrons. The molecule has 4 heterocycles. The molecule has 2 aliphatic rings. The smallest absolute Gasteiger partial charge is 0.271 e. The van der Waals surface area contributed by atoms with Crippen LogP contribution in [0.4, 0.5) is 15.8 Å². The van der Waals surface area contributed by atoms with Crippen molar-refractivity contribution in [2.24, 2.45) is 11.8 Å². The largest absolute Gasteiger partial charge is 0.348 e. The third-order valence-electron chi connectivity index (χ3n) is 8.72. The van der Waals surface area contributed by atoms with Crippen LogP contribution in [-0.2, 0) is 11.2 Å². The van der Waals surface area contributed by atoms with Crippen molar-refractivity contribution in [3.05, 3.63) is 126 Å². The van der Waals surface area contributed by atoms with Crippen molar-refractivity contribution in [3.63, 3.8) is 0 Å². The van der Waals surface area contributed by atoms with Crippen molar-refractivity contribution in [1.82, 2.24) is 19.7 Å². The Morgan fingerprint density at radius 1 is 0.909 bits per heavy atom. The van der Waals surface area contributed by atoms with Gasteiger partial charge in [-0.1, -0.05) is 48.5 Å². The minimum Gasteiger partial charge on any atom is -0.348 e. The molecule has 1 N–H and O–H groups in total. The van der Waals surface area contributed by atoms with E-state index in [1.54, 1.807) is 10.6 Å². The number of Topliss-reactive ketones (excluding diaryl/α,β-unsaturated/α-hetero) is 1. The number of amides is 2. The van der Waals surface area contributed by atoms with Gasteiger partial charge in [-0.2, -0.15) is 4.39 Å². The van der Waals surface area contributed by atoms with Gasteiger partial charge in [0.15, 0.2) is 5.78 Å². The number of ketones is 1. The molecule has 0 saturated heterocycles. The SMILES string of the molecule is O=C(NC1CCC(C2C(=O)c3cc(F)ncc3N(c3cccc(Cc4ccccc4)c3)C2=O)CC1)c1cn2ccccc2n1. The van der Waals surface area contributed by atoms with Crippen LogP contribution in [0.2, 0.25) is 0 Å². The summed E-state index contributed by atoms with van der Waals surface area (Å²) in [5, 5.41) is 3.07. The molecule has 3 aromatic heterocycles. The Morgan fingerprint density at radius 2 is 1.68 bits per heavy atom. The number of carbonyl (C=O) groups excluding carboxylic acids is 3. The molecule has 9 heteroatoms. The maximum absolute atomic E-state index is 14.3. The van der Waals surface area contributed by atoms with Gasteiger partial charge < -0.3 is 9.72 Å². The first kappa shape index (κ1) is 27.6. The number of pyridine rings is 2. The zero-order chi connectivity index (χ0) is 30.2. The number of rotatable bonds is 6. The van der Waals surface area contributed by atoms with E-state index in [2.05, 4.69) is 15.3 Å². The molecule has 1 aliphatic carbocycles. The molecule has 7 rings (SSSR count). The number of nitrogens with one attached hydrogen (secondary N) is 1. The molecule has 44 heavy (non-hydrogen) atoms. The lowest BCUT2D eigenvalue weighted by Crippen LogP contribution is -2.47. The van der Waals surface area contributed by atoms with Gasteiger partial charge in [-0.05, 0) is 73.4 Å². The number of halogens is 1. The third kappa shape index (κ3) is 5.25. The summed E-state index contributed by atoms with van der Waals surface area (Å²) in [5.41, 5.74) is 4.25. The van der Waals surface area contributed by atoms with E-state index in [1.165, 1.54) is 11.1 Å². The number of nitrogens with zero attached hydrogens (tertiary/aromatic N) is 4. The maximum Gasteiger partial charge on any atom is 0.271 e. The van der Waals surface area contributed by atoms with Crippen LogP contribution < -0.4 is 10.2 Å². The maximum atomic E-state index is 14.3. The highest BCUT2D eigenvalue weighted by molar-refractivity contribution is 6.24. The predicted molar refractivity (Wildman–Crippen MR) is 163 cm³/mol. The van der Waals surface area contributed by atoms with E-state index in [4.69, 9.17) is 0 Å². The summed E-state index contributed by atoms with van der Waals surface area (Å²) in [6, 6.07) is 24.3. The number of fused-ring (bicyclic) bond motifs is 2. The van der Waals surface area contributed by atoms with E-state index in [0.717, 1.165) is 17.2 Å². The lowest BCUT2D eigenvalue weighted by Gasteiger charge is -2.39. The molecule has 0 bridgehead atoms. The van der Waals surface area contributed by atoms with Crippen LogP contribution in [-0.4, -0.2) is 38.0 Å². The lowest BCUT2D eigenvalue weighted by molar-refractivity contribution is -0.122. The second-order valence-electron chi connectivity index (χ2n) is 11.5. The first-order valence-corrected chi connectivity index (χ1v) is 14.9. The Morgan fingerprint density at radius 3 is 2.48 bits per heavy atom. The van der Waals surface area contributed by atoms with E-state index in [1.807, 2.05) is 79.0 Å². The molecule has 2 amide bonds. The number of benzene rings is 2. The van der Waals surface area contributed by atoms with Gasteiger partial charge in [0.25, 0.3) is 5.91 Å². The van der Waals surface area contributed by atoms with E-state index in [0.29, 0.717) is 54.8 Å². The summed E-state index contributed by atoms with van der Waals surface area (Å²) in [6.07, 6.45) is 7.86. The van der Waals surface area contributed by atoms with E-state index >= 15 is 0 Å². The van der Waals surface area contributed by atoms with E-state index < -0.39 is 11.9 Å². The molecule has 5 aromatic rings. The van der Waals surface area contributed by atoms with Gasteiger partial charge in [0.2, 0.25) is 11.9 Å². The minimum atomic E-state index is -0.947. The first-order valence-electron chi connectivity index (χ1n) is 14.9. The van der Waals surface area contributed by atoms with Gasteiger partial charge in [-0.15, -0.1) is 0 Å². The summed E-state index contributed by atoms with van der Waals surface area (Å²) in [7, 11) is 0. The molecule has 1 fully saturated rings. The molecule has 8 nitrogen and oxygen atoms in total. The average molecular weight is 588 g/mol. The number of imidazole rings is 1. The quantitative estimate of drug-likeness (QED) is 0.196. The second kappa shape index (κ2) is 11.5. The van der Waals surface area contributed by atoms with Gasteiger partial charge in [0.05, 0.1) is 11.9 Å². The summed E-state index contributed by atoms with van der Waals surface area (Å²) < 4.78 is 16.1. The number of anilines is 2. The zero-order valence-electron chi connectivity index (χ0n) is 23.9. The summed E-state index contributed by atoms with van der Waals surface area (Å²) in [4.78, 5) is 50.6.